The molecule has 1 N–H and O–H groups in total. The van der Waals surface area contributed by atoms with E-state index in [0.717, 1.165) is 24.5 Å². The highest BCUT2D eigenvalue weighted by atomic mass is 16.5. The molecule has 2 nitrogen and oxygen atoms in total. The first-order valence-corrected chi connectivity index (χ1v) is 7.28. The van der Waals surface area contributed by atoms with Crippen LogP contribution in [0.4, 0.5) is 0 Å². The van der Waals surface area contributed by atoms with Crippen molar-refractivity contribution in [2.75, 3.05) is 13.2 Å². The van der Waals surface area contributed by atoms with Crippen molar-refractivity contribution in [1.29, 1.82) is 0 Å². The Morgan fingerprint density at radius 3 is 2.50 bits per heavy atom. The lowest BCUT2D eigenvalue weighted by atomic mass is 9.85. The van der Waals surface area contributed by atoms with E-state index >= 15 is 0 Å². The van der Waals surface area contributed by atoms with Crippen molar-refractivity contribution >= 4 is 0 Å². The molecule has 0 aromatic rings. The van der Waals surface area contributed by atoms with Gasteiger partial charge in [0.1, 0.15) is 0 Å². The lowest BCUT2D eigenvalue weighted by Crippen LogP contribution is -2.41. The van der Waals surface area contributed by atoms with E-state index in [2.05, 4.69) is 5.32 Å². The molecule has 0 bridgehead atoms. The van der Waals surface area contributed by atoms with E-state index in [-0.39, 0.29) is 0 Å². The monoisotopic (exact) mass is 223 g/mol. The zero-order chi connectivity index (χ0) is 10.8. The summed E-state index contributed by atoms with van der Waals surface area (Å²) in [6, 6.07) is 0.853. The summed E-state index contributed by atoms with van der Waals surface area (Å²) < 4.78 is 6.09. The number of ether oxygens (including phenoxy) is 1. The van der Waals surface area contributed by atoms with Crippen molar-refractivity contribution < 1.29 is 4.74 Å². The number of hydrogen-bond acceptors (Lipinski definition) is 2. The first-order valence-electron chi connectivity index (χ1n) is 7.28. The zero-order valence-corrected chi connectivity index (χ0v) is 10.3. The summed E-state index contributed by atoms with van der Waals surface area (Å²) in [6.45, 7) is 2.23. The maximum Gasteiger partial charge on any atom is 0.0643 e. The summed E-state index contributed by atoms with van der Waals surface area (Å²) in [5.74, 6) is 1.68. The molecule has 1 heterocycles. The molecule has 2 heteroatoms. The summed E-state index contributed by atoms with van der Waals surface area (Å²) in [6.07, 6.45) is 11.8. The van der Waals surface area contributed by atoms with Crippen LogP contribution in [0.15, 0.2) is 0 Å². The predicted octanol–water partition coefficient (Wildman–Crippen LogP) is 2.72. The Morgan fingerprint density at radius 1 is 0.938 bits per heavy atom. The molecule has 0 amide bonds. The number of nitrogens with one attached hydrogen (secondary N) is 1. The Bertz CT molecular complexity index is 221. The van der Waals surface area contributed by atoms with Crippen molar-refractivity contribution in [1.82, 2.24) is 5.32 Å². The van der Waals surface area contributed by atoms with Gasteiger partial charge < -0.3 is 10.1 Å². The molecule has 0 spiro atoms. The van der Waals surface area contributed by atoms with Crippen molar-refractivity contribution in [3.63, 3.8) is 0 Å². The molecule has 92 valence electrons. The Morgan fingerprint density at radius 2 is 1.75 bits per heavy atom. The average molecular weight is 223 g/mol. The van der Waals surface area contributed by atoms with Crippen LogP contribution in [0.25, 0.3) is 0 Å². The quantitative estimate of drug-likeness (QED) is 0.791. The largest absolute Gasteiger partial charge is 0.378 e. The van der Waals surface area contributed by atoms with Gasteiger partial charge in [0, 0.05) is 19.2 Å². The van der Waals surface area contributed by atoms with Gasteiger partial charge in [-0.05, 0) is 50.4 Å². The first-order chi connectivity index (χ1) is 7.93. The van der Waals surface area contributed by atoms with Gasteiger partial charge in [0.05, 0.1) is 6.10 Å². The SMILES string of the molecule is C1CCC(C2OCCCC2CNC2CC2)C1. The summed E-state index contributed by atoms with van der Waals surface area (Å²) >= 11 is 0. The smallest absolute Gasteiger partial charge is 0.0643 e. The average Bonchev–Trinajstić information content (AvgIpc) is 3.00. The molecular formula is C14H25NO. The molecule has 3 aliphatic rings. The standard InChI is InChI=1S/C14H25NO/c1-2-5-11(4-1)14-12(6-3-9-16-14)10-15-13-7-8-13/h11-15H,1-10H2. The van der Waals surface area contributed by atoms with Gasteiger partial charge in [0.2, 0.25) is 0 Å². The molecule has 1 aliphatic heterocycles. The van der Waals surface area contributed by atoms with E-state index < -0.39 is 0 Å². The van der Waals surface area contributed by atoms with Gasteiger partial charge in [0.25, 0.3) is 0 Å². The van der Waals surface area contributed by atoms with E-state index in [4.69, 9.17) is 4.74 Å². The third-order valence-electron chi connectivity index (χ3n) is 4.60. The lowest BCUT2D eigenvalue weighted by Gasteiger charge is -2.36. The molecule has 2 saturated carbocycles. The van der Waals surface area contributed by atoms with Crippen molar-refractivity contribution in [3.8, 4) is 0 Å². The van der Waals surface area contributed by atoms with Gasteiger partial charge in [-0.3, -0.25) is 0 Å². The van der Waals surface area contributed by atoms with Crippen LogP contribution in [0.3, 0.4) is 0 Å². The molecule has 0 aromatic heterocycles. The van der Waals surface area contributed by atoms with Crippen LogP contribution in [0.2, 0.25) is 0 Å². The minimum atomic E-state index is 0.586. The van der Waals surface area contributed by atoms with E-state index in [1.807, 2.05) is 0 Å². The zero-order valence-electron chi connectivity index (χ0n) is 10.3. The maximum absolute atomic E-state index is 6.09. The van der Waals surface area contributed by atoms with Gasteiger partial charge in [-0.2, -0.15) is 0 Å². The number of rotatable bonds is 4. The Hall–Kier alpha value is -0.0800. The topological polar surface area (TPSA) is 21.3 Å². The van der Waals surface area contributed by atoms with Crippen molar-refractivity contribution in [2.45, 2.75) is 63.5 Å². The maximum atomic E-state index is 6.09. The molecule has 16 heavy (non-hydrogen) atoms. The van der Waals surface area contributed by atoms with Crippen molar-refractivity contribution in [2.24, 2.45) is 11.8 Å². The summed E-state index contributed by atoms with van der Waals surface area (Å²) in [5.41, 5.74) is 0. The van der Waals surface area contributed by atoms with Gasteiger partial charge in [-0.1, -0.05) is 12.8 Å². The fourth-order valence-electron chi connectivity index (χ4n) is 3.50. The van der Waals surface area contributed by atoms with Crippen LogP contribution in [0.1, 0.15) is 51.4 Å². The van der Waals surface area contributed by atoms with Gasteiger partial charge in [0.15, 0.2) is 0 Å². The summed E-state index contributed by atoms with van der Waals surface area (Å²) in [4.78, 5) is 0. The molecule has 2 unspecified atom stereocenters. The minimum absolute atomic E-state index is 0.586. The molecular weight excluding hydrogens is 198 g/mol. The summed E-state index contributed by atoms with van der Waals surface area (Å²) in [5, 5.41) is 3.70. The number of hydrogen-bond donors (Lipinski definition) is 1. The van der Waals surface area contributed by atoms with Crippen molar-refractivity contribution in [3.05, 3.63) is 0 Å². The van der Waals surface area contributed by atoms with E-state index in [0.29, 0.717) is 6.10 Å². The van der Waals surface area contributed by atoms with Crippen LogP contribution in [-0.2, 0) is 4.74 Å². The predicted molar refractivity (Wildman–Crippen MR) is 65.4 cm³/mol. The normalized spacial score (nSPS) is 36.8. The van der Waals surface area contributed by atoms with Crippen LogP contribution in [0.5, 0.6) is 0 Å². The van der Waals surface area contributed by atoms with Gasteiger partial charge in [-0.15, -0.1) is 0 Å². The van der Waals surface area contributed by atoms with E-state index in [1.54, 1.807) is 0 Å². The Labute approximate surface area is 99.1 Å². The van der Waals surface area contributed by atoms with Gasteiger partial charge in [-0.25, -0.2) is 0 Å². The molecule has 0 radical (unpaired) electrons. The Kier molecular flexibility index (Phi) is 3.49. The first kappa shape index (κ1) is 11.0. The second-order valence-electron chi connectivity index (χ2n) is 5.96. The molecule has 2 aliphatic carbocycles. The summed E-state index contributed by atoms with van der Waals surface area (Å²) in [7, 11) is 0. The molecule has 0 aromatic carbocycles. The lowest BCUT2D eigenvalue weighted by molar-refractivity contribution is -0.0584. The minimum Gasteiger partial charge on any atom is -0.378 e. The van der Waals surface area contributed by atoms with Crippen LogP contribution < -0.4 is 5.32 Å². The third-order valence-corrected chi connectivity index (χ3v) is 4.60. The molecule has 3 fully saturated rings. The highest BCUT2D eigenvalue weighted by Crippen LogP contribution is 2.36. The third kappa shape index (κ3) is 2.60. The van der Waals surface area contributed by atoms with Gasteiger partial charge >= 0.3 is 0 Å². The fraction of sp³-hybridized carbons (Fsp3) is 1.00. The second kappa shape index (κ2) is 5.05. The highest BCUT2D eigenvalue weighted by molar-refractivity contribution is 4.88. The van der Waals surface area contributed by atoms with E-state index in [1.165, 1.54) is 57.9 Å². The molecule has 3 rings (SSSR count). The van der Waals surface area contributed by atoms with Crippen LogP contribution in [0, 0.1) is 11.8 Å². The molecule has 2 atom stereocenters. The molecule has 1 saturated heterocycles. The van der Waals surface area contributed by atoms with Crippen LogP contribution in [-0.4, -0.2) is 25.3 Å². The highest BCUT2D eigenvalue weighted by Gasteiger charge is 2.35. The second-order valence-corrected chi connectivity index (χ2v) is 5.96. The van der Waals surface area contributed by atoms with Crippen LogP contribution >= 0.6 is 0 Å². The Balaban J connectivity index is 1.53. The van der Waals surface area contributed by atoms with E-state index in [9.17, 15) is 0 Å². The fourth-order valence-corrected chi connectivity index (χ4v) is 3.50.